The molecule has 0 spiro atoms. The molecule has 0 saturated carbocycles. The molecule has 0 atom stereocenters. The quantitative estimate of drug-likeness (QED) is 0.551. The lowest BCUT2D eigenvalue weighted by atomic mass is 10.2. The molecule has 0 saturated heterocycles. The highest BCUT2D eigenvalue weighted by Gasteiger charge is 2.16. The van der Waals surface area contributed by atoms with Crippen molar-refractivity contribution in [2.24, 2.45) is 5.73 Å². The summed E-state index contributed by atoms with van der Waals surface area (Å²) >= 11 is 0. The number of aromatic amines is 1. The lowest BCUT2D eigenvalue weighted by molar-refractivity contribution is -0.385. The molecule has 0 unspecified atom stereocenters. The molecular weight excluding hydrogens is 238 g/mol. The molecule has 0 aliphatic rings. The first-order valence-corrected chi connectivity index (χ1v) is 4.92. The molecule has 92 valence electrons. The number of hydrogen-bond donors (Lipinski definition) is 3. The number of pyridine rings is 1. The Morgan fingerprint density at radius 2 is 2.33 bits per heavy atom. The summed E-state index contributed by atoms with van der Waals surface area (Å²) in [5, 5.41) is 13.4. The molecule has 0 aliphatic carbocycles. The number of amides is 1. The van der Waals surface area contributed by atoms with Gasteiger partial charge in [-0.3, -0.25) is 14.9 Å². The Morgan fingerprint density at radius 1 is 1.56 bits per heavy atom. The standard InChI is InChI=1S/C10H9N5O3/c11-9(16)7-4-6(15(17)18)5-13-10(7)14-8-2-1-3-12-8/h1-5,12H,(H2,11,16)(H,13,14). The second-order valence-electron chi connectivity index (χ2n) is 3.42. The largest absolute Gasteiger partial charge is 0.365 e. The van der Waals surface area contributed by atoms with Crippen LogP contribution in [0.25, 0.3) is 0 Å². The Bertz CT molecular complexity index is 594. The van der Waals surface area contributed by atoms with Crippen molar-refractivity contribution in [1.29, 1.82) is 0 Å². The van der Waals surface area contributed by atoms with Crippen LogP contribution in [0.15, 0.2) is 30.6 Å². The second kappa shape index (κ2) is 4.53. The molecule has 0 fully saturated rings. The summed E-state index contributed by atoms with van der Waals surface area (Å²) in [6.45, 7) is 0. The topological polar surface area (TPSA) is 127 Å². The van der Waals surface area contributed by atoms with E-state index in [9.17, 15) is 14.9 Å². The second-order valence-corrected chi connectivity index (χ2v) is 3.42. The number of H-pyrrole nitrogens is 1. The maximum atomic E-state index is 11.2. The maximum Gasteiger partial charge on any atom is 0.288 e. The van der Waals surface area contributed by atoms with Gasteiger partial charge in [0.15, 0.2) is 0 Å². The van der Waals surface area contributed by atoms with Gasteiger partial charge in [0.05, 0.1) is 10.5 Å². The average Bonchev–Trinajstić information content (AvgIpc) is 2.81. The zero-order valence-electron chi connectivity index (χ0n) is 9.08. The molecule has 2 aromatic heterocycles. The minimum atomic E-state index is -0.791. The van der Waals surface area contributed by atoms with Crippen LogP contribution in [0.5, 0.6) is 0 Å². The summed E-state index contributed by atoms with van der Waals surface area (Å²) in [5.41, 5.74) is 4.83. The van der Waals surface area contributed by atoms with E-state index in [0.29, 0.717) is 5.82 Å². The fraction of sp³-hybridized carbons (Fsp3) is 0. The predicted octanol–water partition coefficient (Wildman–Crippen LogP) is 1.16. The van der Waals surface area contributed by atoms with E-state index in [1.807, 2.05) is 0 Å². The smallest absolute Gasteiger partial charge is 0.288 e. The van der Waals surface area contributed by atoms with E-state index >= 15 is 0 Å². The van der Waals surface area contributed by atoms with Crippen LogP contribution in [0.4, 0.5) is 17.3 Å². The van der Waals surface area contributed by atoms with Gasteiger partial charge in [-0.25, -0.2) is 4.98 Å². The van der Waals surface area contributed by atoms with Crippen molar-refractivity contribution in [3.8, 4) is 0 Å². The van der Waals surface area contributed by atoms with Gasteiger partial charge >= 0.3 is 0 Å². The SMILES string of the molecule is NC(=O)c1cc([N+](=O)[O-])cnc1Nc1ccc[nH]1. The van der Waals surface area contributed by atoms with Crippen LogP contribution in [0.3, 0.4) is 0 Å². The van der Waals surface area contributed by atoms with Crippen LogP contribution in [0.1, 0.15) is 10.4 Å². The first-order valence-electron chi connectivity index (χ1n) is 4.92. The first kappa shape index (κ1) is 11.6. The van der Waals surface area contributed by atoms with Crippen LogP contribution in [0, 0.1) is 10.1 Å². The Kier molecular flexibility index (Phi) is 2.92. The van der Waals surface area contributed by atoms with Gasteiger partial charge in [-0.15, -0.1) is 0 Å². The number of primary amides is 1. The molecule has 0 aliphatic heterocycles. The van der Waals surface area contributed by atoms with Gasteiger partial charge in [0.2, 0.25) is 0 Å². The molecule has 0 bridgehead atoms. The minimum Gasteiger partial charge on any atom is -0.365 e. The van der Waals surface area contributed by atoms with Gasteiger partial charge in [0.1, 0.15) is 17.8 Å². The van der Waals surface area contributed by atoms with Crippen molar-refractivity contribution >= 4 is 23.2 Å². The molecule has 4 N–H and O–H groups in total. The fourth-order valence-corrected chi connectivity index (χ4v) is 1.38. The lowest BCUT2D eigenvalue weighted by Gasteiger charge is -2.06. The number of aromatic nitrogens is 2. The van der Waals surface area contributed by atoms with Crippen molar-refractivity contribution in [3.05, 3.63) is 46.3 Å². The molecule has 1 amide bonds. The van der Waals surface area contributed by atoms with E-state index in [4.69, 9.17) is 5.73 Å². The number of nitro groups is 1. The van der Waals surface area contributed by atoms with Gasteiger partial charge < -0.3 is 16.0 Å². The van der Waals surface area contributed by atoms with E-state index in [-0.39, 0.29) is 17.1 Å². The number of hydrogen-bond acceptors (Lipinski definition) is 5. The Morgan fingerprint density at radius 3 is 2.89 bits per heavy atom. The molecule has 2 aromatic rings. The van der Waals surface area contributed by atoms with E-state index in [2.05, 4.69) is 15.3 Å². The molecule has 8 nitrogen and oxygen atoms in total. The predicted molar refractivity (Wildman–Crippen MR) is 63.5 cm³/mol. The van der Waals surface area contributed by atoms with Crippen molar-refractivity contribution in [3.63, 3.8) is 0 Å². The monoisotopic (exact) mass is 247 g/mol. The summed E-state index contributed by atoms with van der Waals surface area (Å²) in [6.07, 6.45) is 2.73. The highest BCUT2D eigenvalue weighted by Crippen LogP contribution is 2.21. The van der Waals surface area contributed by atoms with Crippen LogP contribution < -0.4 is 11.1 Å². The number of rotatable bonds is 4. The third-order valence-electron chi connectivity index (χ3n) is 2.20. The summed E-state index contributed by atoms with van der Waals surface area (Å²) < 4.78 is 0. The highest BCUT2D eigenvalue weighted by molar-refractivity contribution is 5.98. The molecule has 0 radical (unpaired) electrons. The van der Waals surface area contributed by atoms with Crippen molar-refractivity contribution in [2.45, 2.75) is 0 Å². The Labute approximate surface area is 101 Å². The molecule has 8 heteroatoms. The number of anilines is 2. The zero-order chi connectivity index (χ0) is 13.1. The summed E-state index contributed by atoms with van der Waals surface area (Å²) in [4.78, 5) is 27.9. The number of nitrogens with zero attached hydrogens (tertiary/aromatic N) is 2. The van der Waals surface area contributed by atoms with Crippen molar-refractivity contribution < 1.29 is 9.72 Å². The molecule has 2 heterocycles. The molecule has 18 heavy (non-hydrogen) atoms. The van der Waals surface area contributed by atoms with Crippen LogP contribution in [0.2, 0.25) is 0 Å². The minimum absolute atomic E-state index is 0.0428. The fourth-order valence-electron chi connectivity index (χ4n) is 1.38. The molecular formula is C10H9N5O3. The van der Waals surface area contributed by atoms with Crippen LogP contribution >= 0.6 is 0 Å². The maximum absolute atomic E-state index is 11.2. The average molecular weight is 247 g/mol. The van der Waals surface area contributed by atoms with E-state index in [1.165, 1.54) is 0 Å². The lowest BCUT2D eigenvalue weighted by Crippen LogP contribution is -2.14. The zero-order valence-corrected chi connectivity index (χ0v) is 9.08. The third kappa shape index (κ3) is 2.26. The van der Waals surface area contributed by atoms with Gasteiger partial charge in [0.25, 0.3) is 11.6 Å². The van der Waals surface area contributed by atoms with Crippen LogP contribution in [-0.2, 0) is 0 Å². The summed E-state index contributed by atoms with van der Waals surface area (Å²) in [7, 11) is 0. The van der Waals surface area contributed by atoms with E-state index < -0.39 is 10.8 Å². The number of nitrogens with one attached hydrogen (secondary N) is 2. The normalized spacial score (nSPS) is 10.0. The van der Waals surface area contributed by atoms with E-state index in [1.54, 1.807) is 18.3 Å². The molecule has 2 rings (SSSR count). The van der Waals surface area contributed by atoms with Crippen molar-refractivity contribution in [2.75, 3.05) is 5.32 Å². The number of carbonyl (C=O) groups excluding carboxylic acids is 1. The van der Waals surface area contributed by atoms with E-state index in [0.717, 1.165) is 12.3 Å². The van der Waals surface area contributed by atoms with Gasteiger partial charge in [-0.2, -0.15) is 0 Å². The van der Waals surface area contributed by atoms with Crippen LogP contribution in [-0.4, -0.2) is 20.8 Å². The van der Waals surface area contributed by atoms with Gasteiger partial charge in [-0.1, -0.05) is 0 Å². The molecule has 0 aromatic carbocycles. The van der Waals surface area contributed by atoms with Gasteiger partial charge in [0, 0.05) is 12.3 Å². The summed E-state index contributed by atoms with van der Waals surface area (Å²) in [6, 6.07) is 4.55. The Balaban J connectivity index is 2.40. The van der Waals surface area contributed by atoms with Gasteiger partial charge in [-0.05, 0) is 12.1 Å². The highest BCUT2D eigenvalue weighted by atomic mass is 16.6. The number of nitrogens with two attached hydrogens (primary N) is 1. The summed E-state index contributed by atoms with van der Waals surface area (Å²) in [5.74, 6) is -0.0327. The first-order chi connectivity index (χ1) is 8.58. The number of carbonyl (C=O) groups is 1. The van der Waals surface area contributed by atoms with Crippen molar-refractivity contribution in [1.82, 2.24) is 9.97 Å². The third-order valence-corrected chi connectivity index (χ3v) is 2.20. The Hall–Kier alpha value is -2.90.